The Morgan fingerprint density at radius 1 is 1.42 bits per heavy atom. The van der Waals surface area contributed by atoms with Gasteiger partial charge in [0.2, 0.25) is 10.0 Å². The van der Waals surface area contributed by atoms with Crippen molar-refractivity contribution in [3.8, 4) is 0 Å². The molecule has 0 aliphatic heterocycles. The molecule has 0 aromatic carbocycles. The van der Waals surface area contributed by atoms with Gasteiger partial charge in [0.15, 0.2) is 0 Å². The van der Waals surface area contributed by atoms with Crippen molar-refractivity contribution in [1.29, 1.82) is 0 Å². The number of hydrogen-bond acceptors (Lipinski definition) is 4. The summed E-state index contributed by atoms with van der Waals surface area (Å²) in [7, 11) is -3.28. The van der Waals surface area contributed by atoms with E-state index < -0.39 is 10.0 Å². The molecule has 19 heavy (non-hydrogen) atoms. The van der Waals surface area contributed by atoms with E-state index in [1.807, 2.05) is 19.9 Å². The Hall–Kier alpha value is -1.30. The normalized spacial score (nSPS) is 14.9. The maximum atomic E-state index is 11.0. The molecular formula is C13H25N3O2S. The maximum absolute atomic E-state index is 11.0. The van der Waals surface area contributed by atoms with Crippen molar-refractivity contribution in [3.63, 3.8) is 0 Å². The van der Waals surface area contributed by atoms with E-state index in [4.69, 9.17) is 5.73 Å². The van der Waals surface area contributed by atoms with Gasteiger partial charge < -0.3 is 5.73 Å². The highest BCUT2D eigenvalue weighted by Gasteiger charge is 2.06. The van der Waals surface area contributed by atoms with E-state index in [0.29, 0.717) is 11.5 Å². The minimum atomic E-state index is -3.28. The zero-order valence-corrected chi connectivity index (χ0v) is 13.2. The van der Waals surface area contributed by atoms with Crippen LogP contribution in [0.15, 0.2) is 28.5 Å². The molecule has 0 aliphatic rings. The van der Waals surface area contributed by atoms with Crippen molar-refractivity contribution in [2.75, 3.05) is 6.26 Å². The monoisotopic (exact) mass is 287 g/mol. The summed E-state index contributed by atoms with van der Waals surface area (Å²) in [6.45, 7) is 7.73. The first-order chi connectivity index (χ1) is 8.67. The zero-order valence-electron chi connectivity index (χ0n) is 12.4. The maximum Gasteiger partial charge on any atom is 0.230 e. The fourth-order valence-corrected chi connectivity index (χ4v) is 2.02. The Kier molecular flexibility index (Phi) is 7.44. The number of nitrogens with zero attached hydrogens (tertiary/aromatic N) is 1. The Labute approximate surface area is 116 Å². The lowest BCUT2D eigenvalue weighted by Crippen LogP contribution is -2.26. The number of unbranched alkanes of at least 4 members (excludes halogenated alkanes) is 1. The van der Waals surface area contributed by atoms with E-state index in [-0.39, 0.29) is 5.92 Å². The molecule has 0 aliphatic carbocycles. The van der Waals surface area contributed by atoms with E-state index >= 15 is 0 Å². The molecule has 0 fully saturated rings. The predicted molar refractivity (Wildman–Crippen MR) is 81.2 cm³/mol. The Morgan fingerprint density at radius 2 is 2.00 bits per heavy atom. The van der Waals surface area contributed by atoms with Crippen molar-refractivity contribution >= 4 is 15.9 Å². The van der Waals surface area contributed by atoms with Crippen molar-refractivity contribution < 1.29 is 8.42 Å². The van der Waals surface area contributed by atoms with Gasteiger partial charge in [-0.05, 0) is 24.8 Å². The Balaban J connectivity index is 5.10. The number of sulfonamides is 1. The average Bonchev–Trinajstić information content (AvgIpc) is 2.23. The van der Waals surface area contributed by atoms with Crippen LogP contribution in [0.3, 0.4) is 0 Å². The first-order valence-corrected chi connectivity index (χ1v) is 8.24. The summed E-state index contributed by atoms with van der Waals surface area (Å²) in [5.41, 5.74) is 7.61. The van der Waals surface area contributed by atoms with Crippen LogP contribution in [0.2, 0.25) is 0 Å². The molecule has 0 aromatic heterocycles. The number of nitrogens with one attached hydrogen (secondary N) is 1. The molecule has 0 amide bonds. The number of aliphatic imine (C=N–C) groups is 1. The first-order valence-electron chi connectivity index (χ1n) is 6.35. The summed E-state index contributed by atoms with van der Waals surface area (Å²) in [4.78, 5) is 4.10. The van der Waals surface area contributed by atoms with E-state index in [1.165, 1.54) is 0 Å². The molecule has 5 nitrogen and oxygen atoms in total. The van der Waals surface area contributed by atoms with Crippen molar-refractivity contribution in [2.24, 2.45) is 16.6 Å². The smallest absolute Gasteiger partial charge is 0.230 e. The number of hydrogen-bond donors (Lipinski definition) is 2. The van der Waals surface area contributed by atoms with Gasteiger partial charge in [0.25, 0.3) is 0 Å². The minimum absolute atomic E-state index is 0.225. The molecule has 0 atom stereocenters. The van der Waals surface area contributed by atoms with Crippen LogP contribution in [0.25, 0.3) is 0 Å². The largest absolute Gasteiger partial charge is 0.399 e. The number of rotatable bonds is 6. The molecule has 0 rings (SSSR count). The van der Waals surface area contributed by atoms with E-state index in [9.17, 15) is 8.42 Å². The summed E-state index contributed by atoms with van der Waals surface area (Å²) < 4.78 is 24.4. The first kappa shape index (κ1) is 17.7. The molecule has 0 heterocycles. The molecule has 0 spiro atoms. The number of amidine groups is 1. The molecule has 0 saturated carbocycles. The second-order valence-corrected chi connectivity index (χ2v) is 6.52. The lowest BCUT2D eigenvalue weighted by molar-refractivity contribution is 0.598. The van der Waals surface area contributed by atoms with E-state index in [0.717, 1.165) is 24.7 Å². The third kappa shape index (κ3) is 8.42. The fourth-order valence-electron chi connectivity index (χ4n) is 1.44. The number of allylic oxidation sites excluding steroid dienone is 2. The summed E-state index contributed by atoms with van der Waals surface area (Å²) in [5, 5.41) is 0. The van der Waals surface area contributed by atoms with Gasteiger partial charge in [-0.15, -0.1) is 0 Å². The molecule has 0 aromatic rings. The molecule has 3 N–H and O–H groups in total. The van der Waals surface area contributed by atoms with Crippen LogP contribution in [-0.4, -0.2) is 20.5 Å². The van der Waals surface area contributed by atoms with Crippen LogP contribution >= 0.6 is 0 Å². The number of nitrogens with two attached hydrogens (primary N) is 1. The average molecular weight is 287 g/mol. The molecule has 110 valence electrons. The molecule has 0 unspecified atom stereocenters. The molecule has 0 saturated heterocycles. The standard InChI is InChI=1S/C13H25N3O2S/c1-6-7-8-13(14)12(10(2)3)9-15-11(4)16-19(5,17)18/h8-10H,6-7,14H2,1-5H3,(H,15,16)/b12-9-,13-8-. The zero-order chi connectivity index (χ0) is 15.1. The molecule has 0 radical (unpaired) electrons. The van der Waals surface area contributed by atoms with Crippen molar-refractivity contribution in [2.45, 2.75) is 40.5 Å². The van der Waals surface area contributed by atoms with Crippen molar-refractivity contribution in [3.05, 3.63) is 23.5 Å². The highest BCUT2D eigenvalue weighted by molar-refractivity contribution is 7.89. The second-order valence-electron chi connectivity index (χ2n) is 4.78. The SMILES string of the molecule is CCC/C=C(N)/C(=C\N=C(/C)NS(C)(=O)=O)C(C)C. The minimum Gasteiger partial charge on any atom is -0.399 e. The Morgan fingerprint density at radius 3 is 2.42 bits per heavy atom. The predicted octanol–water partition coefficient (Wildman–Crippen LogP) is 2.14. The second kappa shape index (κ2) is 7.99. The van der Waals surface area contributed by atoms with Gasteiger partial charge in [-0.1, -0.05) is 33.3 Å². The van der Waals surface area contributed by atoms with Crippen molar-refractivity contribution in [1.82, 2.24) is 4.72 Å². The summed E-state index contributed by atoms with van der Waals surface area (Å²) in [6.07, 6.45) is 6.64. The lowest BCUT2D eigenvalue weighted by Gasteiger charge is -2.11. The third-order valence-corrected chi connectivity index (χ3v) is 3.00. The van der Waals surface area contributed by atoms with Crippen LogP contribution in [0.1, 0.15) is 40.5 Å². The van der Waals surface area contributed by atoms with Crippen LogP contribution in [0.5, 0.6) is 0 Å². The van der Waals surface area contributed by atoms with Crippen LogP contribution in [-0.2, 0) is 10.0 Å². The molecular weight excluding hydrogens is 262 g/mol. The molecule has 6 heteroatoms. The Bertz CT molecular complexity index is 474. The van der Waals surface area contributed by atoms with Gasteiger partial charge in [0.1, 0.15) is 5.84 Å². The van der Waals surface area contributed by atoms with Crippen LogP contribution in [0, 0.1) is 5.92 Å². The highest BCUT2D eigenvalue weighted by Crippen LogP contribution is 2.16. The topological polar surface area (TPSA) is 84.5 Å². The lowest BCUT2D eigenvalue weighted by atomic mass is 10.0. The van der Waals surface area contributed by atoms with E-state index in [1.54, 1.807) is 13.1 Å². The van der Waals surface area contributed by atoms with Crippen LogP contribution < -0.4 is 10.5 Å². The van der Waals surface area contributed by atoms with Gasteiger partial charge >= 0.3 is 0 Å². The quantitative estimate of drug-likeness (QED) is 0.446. The van der Waals surface area contributed by atoms with Gasteiger partial charge in [-0.3, -0.25) is 4.72 Å². The fraction of sp³-hybridized carbons (Fsp3) is 0.615. The van der Waals surface area contributed by atoms with Gasteiger partial charge in [-0.25, -0.2) is 13.4 Å². The van der Waals surface area contributed by atoms with Gasteiger partial charge in [0.05, 0.1) is 6.26 Å². The van der Waals surface area contributed by atoms with Gasteiger partial charge in [0, 0.05) is 11.9 Å². The third-order valence-electron chi connectivity index (χ3n) is 2.34. The molecule has 0 bridgehead atoms. The van der Waals surface area contributed by atoms with Crippen LogP contribution in [0.4, 0.5) is 0 Å². The summed E-state index contributed by atoms with van der Waals surface area (Å²) in [5.74, 6) is 0.548. The van der Waals surface area contributed by atoms with Gasteiger partial charge in [-0.2, -0.15) is 0 Å². The van der Waals surface area contributed by atoms with E-state index in [2.05, 4.69) is 16.6 Å². The summed E-state index contributed by atoms with van der Waals surface area (Å²) in [6, 6.07) is 0. The highest BCUT2D eigenvalue weighted by atomic mass is 32.2. The summed E-state index contributed by atoms with van der Waals surface area (Å²) >= 11 is 0.